The number of aryl methyl sites for hydroxylation is 1. The summed E-state index contributed by atoms with van der Waals surface area (Å²) < 4.78 is 0. The number of anilines is 2. The van der Waals surface area contributed by atoms with Crippen molar-refractivity contribution < 1.29 is 4.79 Å². The maximum absolute atomic E-state index is 13.0. The van der Waals surface area contributed by atoms with Gasteiger partial charge in [0.1, 0.15) is 6.04 Å². The minimum Gasteiger partial charge on any atom is -0.324 e. The highest BCUT2D eigenvalue weighted by Gasteiger charge is 2.22. The van der Waals surface area contributed by atoms with Gasteiger partial charge in [0.2, 0.25) is 5.91 Å². The van der Waals surface area contributed by atoms with E-state index in [9.17, 15) is 4.79 Å². The van der Waals surface area contributed by atoms with E-state index in [1.807, 2.05) is 104 Å². The third-order valence-corrected chi connectivity index (χ3v) is 4.18. The Kier molecular flexibility index (Phi) is 5.66. The number of nitrogens with one attached hydrogen (secondary N) is 2. The fourth-order valence-corrected chi connectivity index (χ4v) is 2.70. The summed E-state index contributed by atoms with van der Waals surface area (Å²) in [5.41, 5.74) is 7.13. The summed E-state index contributed by atoms with van der Waals surface area (Å²) in [6.07, 6.45) is 0. The lowest BCUT2D eigenvalue weighted by molar-refractivity contribution is -0.118. The molecule has 4 nitrogen and oxygen atoms in total. The minimum absolute atomic E-state index is 0.108. The molecule has 0 spiro atoms. The van der Waals surface area contributed by atoms with E-state index in [0.29, 0.717) is 0 Å². The SMILES string of the molecule is Cc1ccc(NC(=O)[C@@H](NN(C)c2ccccc2)c2ccccc2)cc1. The predicted octanol–water partition coefficient (Wildman–Crippen LogP) is 4.32. The maximum atomic E-state index is 13.0. The Morgan fingerprint density at radius 1 is 0.846 bits per heavy atom. The van der Waals surface area contributed by atoms with Crippen LogP contribution in [0.25, 0.3) is 0 Å². The smallest absolute Gasteiger partial charge is 0.247 e. The average molecular weight is 345 g/mol. The lowest BCUT2D eigenvalue weighted by atomic mass is 10.1. The molecule has 1 atom stereocenters. The molecule has 4 heteroatoms. The monoisotopic (exact) mass is 345 g/mol. The Morgan fingerprint density at radius 3 is 2.04 bits per heavy atom. The Bertz CT molecular complexity index is 832. The molecule has 0 aromatic heterocycles. The molecule has 0 fully saturated rings. The molecule has 0 aliphatic rings. The zero-order chi connectivity index (χ0) is 18.4. The number of benzene rings is 3. The van der Waals surface area contributed by atoms with Crippen LogP contribution in [-0.4, -0.2) is 13.0 Å². The lowest BCUT2D eigenvalue weighted by Crippen LogP contribution is -2.43. The second-order valence-corrected chi connectivity index (χ2v) is 6.22. The molecule has 0 aliphatic heterocycles. The quantitative estimate of drug-likeness (QED) is 0.654. The van der Waals surface area contributed by atoms with Crippen LogP contribution in [0.1, 0.15) is 17.2 Å². The molecule has 0 radical (unpaired) electrons. The van der Waals surface area contributed by atoms with Crippen molar-refractivity contribution in [3.63, 3.8) is 0 Å². The van der Waals surface area contributed by atoms with E-state index in [2.05, 4.69) is 10.7 Å². The zero-order valence-electron chi connectivity index (χ0n) is 15.0. The highest BCUT2D eigenvalue weighted by Crippen LogP contribution is 2.19. The molecule has 3 aromatic rings. The van der Waals surface area contributed by atoms with Gasteiger partial charge in [-0.25, -0.2) is 5.43 Å². The van der Waals surface area contributed by atoms with Gasteiger partial charge in [-0.1, -0.05) is 66.2 Å². The van der Waals surface area contributed by atoms with Crippen molar-refractivity contribution in [2.45, 2.75) is 13.0 Å². The summed E-state index contributed by atoms with van der Waals surface area (Å²) in [5.74, 6) is -0.108. The number of nitrogens with zero attached hydrogens (tertiary/aromatic N) is 1. The normalized spacial score (nSPS) is 11.6. The standard InChI is InChI=1S/C22H23N3O/c1-17-13-15-19(16-14-17)23-22(26)21(18-9-5-3-6-10-18)24-25(2)20-11-7-4-8-12-20/h3-16,21,24H,1-2H3,(H,23,26)/t21-/m0/s1. The van der Waals surface area contributed by atoms with Gasteiger partial charge in [0.25, 0.3) is 0 Å². The number of carbonyl (C=O) groups is 1. The number of amides is 1. The summed E-state index contributed by atoms with van der Waals surface area (Å²) >= 11 is 0. The van der Waals surface area contributed by atoms with E-state index in [1.165, 1.54) is 0 Å². The molecule has 132 valence electrons. The van der Waals surface area contributed by atoms with E-state index in [0.717, 1.165) is 22.5 Å². The minimum atomic E-state index is -0.511. The van der Waals surface area contributed by atoms with E-state index >= 15 is 0 Å². The largest absolute Gasteiger partial charge is 0.324 e. The van der Waals surface area contributed by atoms with Gasteiger partial charge in [0.05, 0.1) is 5.69 Å². The van der Waals surface area contributed by atoms with Gasteiger partial charge in [-0.2, -0.15) is 0 Å². The molecule has 0 heterocycles. The number of hydrazine groups is 1. The van der Waals surface area contributed by atoms with E-state index in [4.69, 9.17) is 0 Å². The van der Waals surface area contributed by atoms with Crippen LogP contribution in [-0.2, 0) is 4.79 Å². The number of para-hydroxylation sites is 1. The molecule has 0 bridgehead atoms. The van der Waals surface area contributed by atoms with Crippen LogP contribution in [0.3, 0.4) is 0 Å². The van der Waals surface area contributed by atoms with Crippen LogP contribution in [0.4, 0.5) is 11.4 Å². The molecule has 3 rings (SSSR count). The van der Waals surface area contributed by atoms with Gasteiger partial charge in [-0.05, 0) is 36.8 Å². The molecule has 0 saturated heterocycles. The molecule has 1 amide bonds. The first kappa shape index (κ1) is 17.7. The van der Waals surface area contributed by atoms with Crippen molar-refractivity contribution in [1.82, 2.24) is 5.43 Å². The van der Waals surface area contributed by atoms with Crippen LogP contribution in [0.5, 0.6) is 0 Å². The highest BCUT2D eigenvalue weighted by atomic mass is 16.2. The van der Waals surface area contributed by atoms with Gasteiger partial charge in [-0.3, -0.25) is 4.79 Å². The summed E-state index contributed by atoms with van der Waals surface area (Å²) in [5, 5.41) is 4.86. The van der Waals surface area contributed by atoms with E-state index in [1.54, 1.807) is 0 Å². The third kappa shape index (κ3) is 4.49. The number of carbonyl (C=O) groups excluding carboxylic acids is 1. The van der Waals surface area contributed by atoms with Gasteiger partial charge < -0.3 is 10.3 Å². The Morgan fingerprint density at radius 2 is 1.42 bits per heavy atom. The summed E-state index contributed by atoms with van der Waals surface area (Å²) in [7, 11) is 1.91. The van der Waals surface area contributed by atoms with E-state index in [-0.39, 0.29) is 5.91 Å². The molecule has 3 aromatic carbocycles. The second-order valence-electron chi connectivity index (χ2n) is 6.22. The van der Waals surface area contributed by atoms with Gasteiger partial charge in [0.15, 0.2) is 0 Å². The fourth-order valence-electron chi connectivity index (χ4n) is 2.70. The molecule has 2 N–H and O–H groups in total. The van der Waals surface area contributed by atoms with Crippen LogP contribution in [0, 0.1) is 6.92 Å². The average Bonchev–Trinajstić information content (AvgIpc) is 2.69. The second kappa shape index (κ2) is 8.32. The molecule has 0 saturated carbocycles. The molecule has 0 aliphatic carbocycles. The van der Waals surface area contributed by atoms with Crippen LogP contribution in [0.15, 0.2) is 84.9 Å². The Labute approximate surface area is 154 Å². The predicted molar refractivity (Wildman–Crippen MR) is 107 cm³/mol. The lowest BCUT2D eigenvalue weighted by Gasteiger charge is -2.27. The van der Waals surface area contributed by atoms with Crippen molar-refractivity contribution in [3.8, 4) is 0 Å². The van der Waals surface area contributed by atoms with Gasteiger partial charge in [-0.15, -0.1) is 0 Å². The molecular weight excluding hydrogens is 322 g/mol. The van der Waals surface area contributed by atoms with Gasteiger partial charge in [0, 0.05) is 12.7 Å². The first-order chi connectivity index (χ1) is 12.6. The summed E-state index contributed by atoms with van der Waals surface area (Å²) in [6.45, 7) is 2.02. The van der Waals surface area contributed by atoms with Crippen molar-refractivity contribution in [2.75, 3.05) is 17.4 Å². The number of hydrogen-bond acceptors (Lipinski definition) is 3. The van der Waals surface area contributed by atoms with Crippen molar-refractivity contribution in [2.24, 2.45) is 0 Å². The summed E-state index contributed by atoms with van der Waals surface area (Å²) in [6, 6.07) is 26.9. The third-order valence-electron chi connectivity index (χ3n) is 4.18. The Balaban J connectivity index is 1.81. The van der Waals surface area contributed by atoms with Crippen molar-refractivity contribution in [3.05, 3.63) is 96.1 Å². The van der Waals surface area contributed by atoms with Gasteiger partial charge >= 0.3 is 0 Å². The van der Waals surface area contributed by atoms with Crippen molar-refractivity contribution >= 4 is 17.3 Å². The van der Waals surface area contributed by atoms with Crippen molar-refractivity contribution in [1.29, 1.82) is 0 Å². The Hall–Kier alpha value is -3.11. The first-order valence-electron chi connectivity index (χ1n) is 8.61. The molecule has 26 heavy (non-hydrogen) atoms. The van der Waals surface area contributed by atoms with Crippen LogP contribution in [0.2, 0.25) is 0 Å². The topological polar surface area (TPSA) is 44.4 Å². The number of rotatable bonds is 6. The molecular formula is C22H23N3O. The molecule has 0 unspecified atom stereocenters. The summed E-state index contributed by atoms with van der Waals surface area (Å²) in [4.78, 5) is 13.0. The zero-order valence-corrected chi connectivity index (χ0v) is 15.0. The first-order valence-corrected chi connectivity index (χ1v) is 8.61. The number of hydrogen-bond donors (Lipinski definition) is 2. The fraction of sp³-hybridized carbons (Fsp3) is 0.136. The maximum Gasteiger partial charge on any atom is 0.247 e. The van der Waals surface area contributed by atoms with Crippen LogP contribution >= 0.6 is 0 Å². The van der Waals surface area contributed by atoms with Crippen LogP contribution < -0.4 is 15.8 Å². The van der Waals surface area contributed by atoms with E-state index < -0.39 is 6.04 Å². The highest BCUT2D eigenvalue weighted by molar-refractivity contribution is 5.95.